The maximum absolute atomic E-state index is 13.2. The maximum Gasteiger partial charge on any atom is 0.230 e. The fraction of sp³-hybridized carbons (Fsp3) is 0.346. The minimum Gasteiger partial charge on any atom is -0.344 e. The number of rotatable bonds is 5. The Bertz CT molecular complexity index is 1250. The second kappa shape index (κ2) is 8.98. The van der Waals surface area contributed by atoms with Crippen LogP contribution < -0.4 is 4.90 Å². The second-order valence-corrected chi connectivity index (χ2v) is 9.64. The van der Waals surface area contributed by atoms with Gasteiger partial charge in [-0.05, 0) is 38.0 Å². The molecule has 0 saturated carbocycles. The van der Waals surface area contributed by atoms with Gasteiger partial charge in [0.2, 0.25) is 5.91 Å². The SMILES string of the molecule is CCC(C(=O)N1CCN(c2nc3c(s2)c(C)nn3-c2ccc(C)cc2)CC1)c1ccccc1. The Morgan fingerprint density at radius 2 is 1.70 bits per heavy atom. The quantitative estimate of drug-likeness (QED) is 0.424. The number of amides is 1. The maximum atomic E-state index is 13.2. The molecule has 0 spiro atoms. The molecule has 3 heterocycles. The van der Waals surface area contributed by atoms with Crippen molar-refractivity contribution in [1.29, 1.82) is 0 Å². The summed E-state index contributed by atoms with van der Waals surface area (Å²) in [6, 6.07) is 18.5. The van der Waals surface area contributed by atoms with E-state index in [0.29, 0.717) is 0 Å². The van der Waals surface area contributed by atoms with Crippen LogP contribution >= 0.6 is 11.3 Å². The van der Waals surface area contributed by atoms with E-state index in [1.165, 1.54) is 5.56 Å². The van der Waals surface area contributed by atoms with Crippen LogP contribution in [-0.2, 0) is 4.79 Å². The highest BCUT2D eigenvalue weighted by atomic mass is 32.1. The molecule has 1 aliphatic rings. The van der Waals surface area contributed by atoms with E-state index in [4.69, 9.17) is 10.1 Å². The first-order valence-corrected chi connectivity index (χ1v) is 12.4. The fourth-order valence-electron chi connectivity index (χ4n) is 4.50. The lowest BCUT2D eigenvalue weighted by Gasteiger charge is -2.36. The minimum absolute atomic E-state index is 0.0663. The number of carbonyl (C=O) groups excluding carboxylic acids is 1. The predicted octanol–water partition coefficient (Wildman–Crippen LogP) is 4.94. The fourth-order valence-corrected chi connectivity index (χ4v) is 5.54. The molecule has 170 valence electrons. The van der Waals surface area contributed by atoms with E-state index < -0.39 is 0 Å². The van der Waals surface area contributed by atoms with Crippen LogP contribution in [0.1, 0.15) is 36.1 Å². The lowest BCUT2D eigenvalue weighted by molar-refractivity contribution is -0.133. The molecule has 4 aromatic rings. The van der Waals surface area contributed by atoms with Gasteiger partial charge in [0, 0.05) is 26.2 Å². The molecule has 5 rings (SSSR count). The van der Waals surface area contributed by atoms with E-state index in [2.05, 4.69) is 55.1 Å². The average molecular weight is 460 g/mol. The molecular formula is C26H29N5OS. The van der Waals surface area contributed by atoms with E-state index in [0.717, 1.165) is 65.0 Å². The highest BCUT2D eigenvalue weighted by Gasteiger charge is 2.29. The third-order valence-electron chi connectivity index (χ3n) is 6.43. The number of carbonyl (C=O) groups is 1. The van der Waals surface area contributed by atoms with Crippen molar-refractivity contribution >= 4 is 32.7 Å². The number of fused-ring (bicyclic) bond motifs is 1. The molecule has 1 atom stereocenters. The van der Waals surface area contributed by atoms with Gasteiger partial charge >= 0.3 is 0 Å². The second-order valence-electron chi connectivity index (χ2n) is 8.67. The molecule has 0 radical (unpaired) electrons. The van der Waals surface area contributed by atoms with Crippen molar-refractivity contribution < 1.29 is 4.79 Å². The van der Waals surface area contributed by atoms with E-state index in [9.17, 15) is 4.79 Å². The zero-order valence-electron chi connectivity index (χ0n) is 19.4. The smallest absolute Gasteiger partial charge is 0.230 e. The van der Waals surface area contributed by atoms with Gasteiger partial charge < -0.3 is 9.80 Å². The molecule has 0 N–H and O–H groups in total. The summed E-state index contributed by atoms with van der Waals surface area (Å²) in [4.78, 5) is 22.5. The van der Waals surface area contributed by atoms with Crippen molar-refractivity contribution in [2.75, 3.05) is 31.1 Å². The Kier molecular flexibility index (Phi) is 5.89. The summed E-state index contributed by atoms with van der Waals surface area (Å²) in [5.41, 5.74) is 5.26. The first-order valence-electron chi connectivity index (χ1n) is 11.6. The molecule has 2 aromatic heterocycles. The van der Waals surface area contributed by atoms with Gasteiger partial charge in [0.15, 0.2) is 10.8 Å². The number of nitrogens with zero attached hydrogens (tertiary/aromatic N) is 5. The van der Waals surface area contributed by atoms with Crippen LogP contribution in [-0.4, -0.2) is 51.8 Å². The van der Waals surface area contributed by atoms with Crippen LogP contribution in [0.4, 0.5) is 5.13 Å². The van der Waals surface area contributed by atoms with Crippen molar-refractivity contribution in [3.8, 4) is 5.69 Å². The first kappa shape index (κ1) is 21.6. The van der Waals surface area contributed by atoms with Crippen molar-refractivity contribution in [2.24, 2.45) is 0 Å². The summed E-state index contributed by atoms with van der Waals surface area (Å²) < 4.78 is 3.06. The third-order valence-corrected chi connectivity index (χ3v) is 7.64. The van der Waals surface area contributed by atoms with Crippen LogP contribution in [0.5, 0.6) is 0 Å². The number of benzene rings is 2. The summed E-state index contributed by atoms with van der Waals surface area (Å²) in [6.07, 6.45) is 0.815. The van der Waals surface area contributed by atoms with Gasteiger partial charge in [-0.3, -0.25) is 4.79 Å². The Labute approximate surface area is 198 Å². The van der Waals surface area contributed by atoms with Gasteiger partial charge in [-0.25, -0.2) is 4.68 Å². The zero-order chi connectivity index (χ0) is 22.9. The number of aryl methyl sites for hydroxylation is 2. The highest BCUT2D eigenvalue weighted by Crippen LogP contribution is 2.33. The molecular weight excluding hydrogens is 430 g/mol. The van der Waals surface area contributed by atoms with E-state index in [1.54, 1.807) is 11.3 Å². The van der Waals surface area contributed by atoms with Crippen molar-refractivity contribution in [3.63, 3.8) is 0 Å². The van der Waals surface area contributed by atoms with E-state index >= 15 is 0 Å². The van der Waals surface area contributed by atoms with Gasteiger partial charge in [-0.15, -0.1) is 0 Å². The van der Waals surface area contributed by atoms with Crippen molar-refractivity contribution in [3.05, 3.63) is 71.4 Å². The molecule has 1 fully saturated rings. The number of piperazine rings is 1. The summed E-state index contributed by atoms with van der Waals surface area (Å²) in [5.74, 6) is 0.168. The number of aromatic nitrogens is 3. The van der Waals surface area contributed by atoms with Gasteiger partial charge in [0.1, 0.15) is 0 Å². The molecule has 2 aromatic carbocycles. The number of anilines is 1. The number of hydrogen-bond acceptors (Lipinski definition) is 5. The molecule has 1 unspecified atom stereocenters. The number of thiazole rings is 1. The lowest BCUT2D eigenvalue weighted by atomic mass is 9.95. The molecule has 7 heteroatoms. The molecule has 1 aliphatic heterocycles. The van der Waals surface area contributed by atoms with Crippen molar-refractivity contribution in [2.45, 2.75) is 33.1 Å². The summed E-state index contributed by atoms with van der Waals surface area (Å²) in [5, 5.41) is 5.73. The Balaban J connectivity index is 1.32. The van der Waals surface area contributed by atoms with Gasteiger partial charge in [-0.2, -0.15) is 10.1 Å². The molecule has 1 amide bonds. The van der Waals surface area contributed by atoms with Crippen molar-refractivity contribution in [1.82, 2.24) is 19.7 Å². The molecule has 33 heavy (non-hydrogen) atoms. The lowest BCUT2D eigenvalue weighted by Crippen LogP contribution is -2.50. The molecule has 1 saturated heterocycles. The van der Waals surface area contributed by atoms with Crippen LogP contribution in [0.2, 0.25) is 0 Å². The van der Waals surface area contributed by atoms with E-state index in [1.807, 2.05) is 34.7 Å². The number of hydrogen-bond donors (Lipinski definition) is 0. The average Bonchev–Trinajstić information content (AvgIpc) is 3.41. The zero-order valence-corrected chi connectivity index (χ0v) is 20.2. The van der Waals surface area contributed by atoms with Gasteiger partial charge in [-0.1, -0.05) is 66.3 Å². The molecule has 6 nitrogen and oxygen atoms in total. The largest absolute Gasteiger partial charge is 0.344 e. The third kappa shape index (κ3) is 4.13. The Morgan fingerprint density at radius 1 is 1.00 bits per heavy atom. The first-order chi connectivity index (χ1) is 16.0. The van der Waals surface area contributed by atoms with Gasteiger partial charge in [0.25, 0.3) is 0 Å². The Morgan fingerprint density at radius 3 is 2.36 bits per heavy atom. The Hall–Kier alpha value is -3.19. The minimum atomic E-state index is -0.0663. The standard InChI is InChI=1S/C26H29N5OS/c1-4-22(20-8-6-5-7-9-20)25(32)29-14-16-30(17-15-29)26-27-24-23(33-26)19(3)28-31(24)21-12-10-18(2)11-13-21/h5-13,22H,4,14-17H2,1-3H3. The van der Waals surface area contributed by atoms with Crippen LogP contribution in [0.15, 0.2) is 54.6 Å². The normalized spacial score (nSPS) is 15.2. The highest BCUT2D eigenvalue weighted by molar-refractivity contribution is 7.22. The van der Waals surface area contributed by atoms with Gasteiger partial charge in [0.05, 0.1) is 22.0 Å². The summed E-state index contributed by atoms with van der Waals surface area (Å²) in [7, 11) is 0. The predicted molar refractivity (Wildman–Crippen MR) is 134 cm³/mol. The molecule has 0 bridgehead atoms. The van der Waals surface area contributed by atoms with E-state index in [-0.39, 0.29) is 11.8 Å². The monoisotopic (exact) mass is 459 g/mol. The van der Waals surface area contributed by atoms with Crippen LogP contribution in [0.25, 0.3) is 16.0 Å². The summed E-state index contributed by atoms with van der Waals surface area (Å²) >= 11 is 1.69. The van der Waals surface area contributed by atoms with Crippen LogP contribution in [0, 0.1) is 13.8 Å². The summed E-state index contributed by atoms with van der Waals surface area (Å²) in [6.45, 7) is 9.25. The topological polar surface area (TPSA) is 54.3 Å². The molecule has 0 aliphatic carbocycles. The van der Waals surface area contributed by atoms with Crippen LogP contribution in [0.3, 0.4) is 0 Å².